The van der Waals surface area contributed by atoms with E-state index in [2.05, 4.69) is 15.0 Å². The van der Waals surface area contributed by atoms with Crippen molar-refractivity contribution in [3.8, 4) is 0 Å². The zero-order chi connectivity index (χ0) is 13.4. The maximum absolute atomic E-state index is 12.0. The molecule has 100 valence electrons. The van der Waals surface area contributed by atoms with Crippen molar-refractivity contribution in [2.45, 2.75) is 6.92 Å². The molecule has 1 aliphatic heterocycles. The van der Waals surface area contributed by atoms with Crippen LogP contribution >= 0.6 is 11.3 Å². The Kier molecular flexibility index (Phi) is 2.94. The van der Waals surface area contributed by atoms with Gasteiger partial charge in [-0.3, -0.25) is 9.59 Å². The van der Waals surface area contributed by atoms with E-state index in [1.807, 2.05) is 11.1 Å². The maximum Gasteiger partial charge on any atom is 0.292 e. The van der Waals surface area contributed by atoms with E-state index in [1.54, 1.807) is 6.92 Å². The van der Waals surface area contributed by atoms with Crippen LogP contribution in [-0.4, -0.2) is 56.5 Å². The highest BCUT2D eigenvalue weighted by molar-refractivity contribution is 7.14. The normalized spacial score (nSPS) is 17.4. The van der Waals surface area contributed by atoms with Gasteiger partial charge in [-0.15, -0.1) is 0 Å². The van der Waals surface area contributed by atoms with Gasteiger partial charge in [0, 0.05) is 39.3 Å². The molecule has 0 unspecified atom stereocenters. The first-order chi connectivity index (χ1) is 9.15. The van der Waals surface area contributed by atoms with Gasteiger partial charge in [-0.05, 0) is 0 Å². The predicted octanol–water partition coefficient (Wildman–Crippen LogP) is -1.23. The second-order valence-corrected chi connectivity index (χ2v) is 5.41. The van der Waals surface area contributed by atoms with Crippen molar-refractivity contribution in [1.82, 2.24) is 24.4 Å². The van der Waals surface area contributed by atoms with Crippen LogP contribution in [0.1, 0.15) is 6.92 Å². The van der Waals surface area contributed by atoms with Crippen LogP contribution in [0, 0.1) is 0 Å². The summed E-state index contributed by atoms with van der Waals surface area (Å²) in [4.78, 5) is 31.7. The Bertz CT molecular complexity index is 713. The van der Waals surface area contributed by atoms with E-state index in [-0.39, 0.29) is 11.5 Å². The molecule has 3 heterocycles. The Labute approximate surface area is 112 Å². The SMILES string of the molecule is CC(=O)N1CCN(/C=c2\sc3ncnn3c2=O)CC1. The van der Waals surface area contributed by atoms with Gasteiger partial charge >= 0.3 is 0 Å². The molecule has 19 heavy (non-hydrogen) atoms. The molecule has 0 aliphatic carbocycles. The summed E-state index contributed by atoms with van der Waals surface area (Å²) < 4.78 is 1.94. The number of rotatable bonds is 1. The number of fused-ring (bicyclic) bond motifs is 1. The lowest BCUT2D eigenvalue weighted by molar-refractivity contribution is -0.130. The monoisotopic (exact) mass is 279 g/mol. The number of piperazine rings is 1. The summed E-state index contributed by atoms with van der Waals surface area (Å²) in [5.74, 6) is 0.1000. The van der Waals surface area contributed by atoms with Gasteiger partial charge in [0.2, 0.25) is 10.9 Å². The third kappa shape index (κ3) is 2.19. The highest BCUT2D eigenvalue weighted by atomic mass is 32.1. The Balaban J connectivity index is 1.83. The molecule has 1 saturated heterocycles. The molecule has 0 bridgehead atoms. The fourth-order valence-electron chi connectivity index (χ4n) is 2.10. The highest BCUT2D eigenvalue weighted by Crippen LogP contribution is 2.03. The first-order valence-electron chi connectivity index (χ1n) is 5.99. The van der Waals surface area contributed by atoms with E-state index >= 15 is 0 Å². The van der Waals surface area contributed by atoms with Crippen LogP contribution in [0.2, 0.25) is 0 Å². The first-order valence-corrected chi connectivity index (χ1v) is 6.81. The van der Waals surface area contributed by atoms with Gasteiger partial charge in [0.1, 0.15) is 10.9 Å². The first kappa shape index (κ1) is 12.1. The fraction of sp³-hybridized carbons (Fsp3) is 0.455. The molecule has 8 heteroatoms. The van der Waals surface area contributed by atoms with Gasteiger partial charge in [-0.1, -0.05) is 11.3 Å². The molecule has 7 nitrogen and oxygen atoms in total. The standard InChI is InChI=1S/C11H13N5O2S/c1-8(17)15-4-2-14(3-5-15)6-9-10(18)16-11(19-9)12-7-13-16/h6-7H,2-5H2,1H3/b9-6-. The summed E-state index contributed by atoms with van der Waals surface area (Å²) in [7, 11) is 0. The van der Waals surface area contributed by atoms with E-state index < -0.39 is 0 Å². The van der Waals surface area contributed by atoms with Crippen molar-refractivity contribution in [2.24, 2.45) is 0 Å². The quantitative estimate of drug-likeness (QED) is 0.654. The van der Waals surface area contributed by atoms with Crippen LogP contribution in [-0.2, 0) is 4.79 Å². The van der Waals surface area contributed by atoms with E-state index in [1.165, 1.54) is 22.2 Å². The highest BCUT2D eigenvalue weighted by Gasteiger charge is 2.16. The molecule has 3 rings (SSSR count). The largest absolute Gasteiger partial charge is 0.373 e. The average molecular weight is 279 g/mol. The number of hydrogen-bond acceptors (Lipinski definition) is 6. The topological polar surface area (TPSA) is 70.8 Å². The van der Waals surface area contributed by atoms with Gasteiger partial charge in [0.15, 0.2) is 0 Å². The minimum absolute atomic E-state index is 0.1000. The summed E-state index contributed by atoms with van der Waals surface area (Å²) >= 11 is 1.33. The molecule has 0 saturated carbocycles. The second-order valence-electron chi connectivity index (χ2n) is 4.40. The van der Waals surface area contributed by atoms with E-state index in [0.717, 1.165) is 13.1 Å². The second kappa shape index (κ2) is 4.61. The van der Waals surface area contributed by atoms with Gasteiger partial charge < -0.3 is 9.80 Å². The molecule has 0 aromatic carbocycles. The van der Waals surface area contributed by atoms with Gasteiger partial charge in [-0.2, -0.15) is 9.61 Å². The van der Waals surface area contributed by atoms with Crippen molar-refractivity contribution < 1.29 is 4.79 Å². The smallest absolute Gasteiger partial charge is 0.292 e. The predicted molar refractivity (Wildman–Crippen MR) is 70.6 cm³/mol. The zero-order valence-corrected chi connectivity index (χ0v) is 11.3. The van der Waals surface area contributed by atoms with Crippen LogP contribution in [0.5, 0.6) is 0 Å². The molecule has 0 radical (unpaired) electrons. The number of nitrogens with zero attached hydrogens (tertiary/aromatic N) is 5. The van der Waals surface area contributed by atoms with Crippen LogP contribution in [0.15, 0.2) is 11.1 Å². The average Bonchev–Trinajstić information content (AvgIpc) is 2.95. The van der Waals surface area contributed by atoms with Crippen LogP contribution < -0.4 is 10.1 Å². The van der Waals surface area contributed by atoms with E-state index in [0.29, 0.717) is 22.6 Å². The van der Waals surface area contributed by atoms with Gasteiger partial charge in [-0.25, -0.2) is 4.98 Å². The Hall–Kier alpha value is -1.96. The van der Waals surface area contributed by atoms with Crippen molar-refractivity contribution in [3.05, 3.63) is 21.2 Å². The molecule has 1 fully saturated rings. The maximum atomic E-state index is 12.0. The Morgan fingerprint density at radius 2 is 2.11 bits per heavy atom. The van der Waals surface area contributed by atoms with Crippen molar-refractivity contribution >= 4 is 28.4 Å². The Morgan fingerprint density at radius 3 is 2.74 bits per heavy atom. The molecule has 2 aromatic rings. The summed E-state index contributed by atoms with van der Waals surface area (Å²) in [6.45, 7) is 4.45. The molecule has 1 aliphatic rings. The molecule has 2 aromatic heterocycles. The Morgan fingerprint density at radius 1 is 1.37 bits per heavy atom. The number of hydrogen-bond donors (Lipinski definition) is 0. The fourth-order valence-corrected chi connectivity index (χ4v) is 2.99. The number of carbonyl (C=O) groups excluding carboxylic acids is 1. The van der Waals surface area contributed by atoms with Crippen LogP contribution in [0.4, 0.5) is 0 Å². The summed E-state index contributed by atoms with van der Waals surface area (Å²) in [6.07, 6.45) is 3.23. The lowest BCUT2D eigenvalue weighted by atomic mass is 10.3. The van der Waals surface area contributed by atoms with Crippen LogP contribution in [0.25, 0.3) is 11.2 Å². The van der Waals surface area contributed by atoms with Gasteiger partial charge in [0.25, 0.3) is 5.56 Å². The summed E-state index contributed by atoms with van der Waals surface area (Å²) in [6, 6.07) is 0. The third-order valence-electron chi connectivity index (χ3n) is 3.18. The number of thiazole rings is 1. The van der Waals surface area contributed by atoms with E-state index in [9.17, 15) is 9.59 Å². The lowest BCUT2D eigenvalue weighted by Gasteiger charge is -2.33. The van der Waals surface area contributed by atoms with Gasteiger partial charge in [0.05, 0.1) is 0 Å². The van der Waals surface area contributed by atoms with E-state index in [4.69, 9.17) is 0 Å². The summed E-state index contributed by atoms with van der Waals surface area (Å²) in [5.41, 5.74) is -0.133. The molecule has 1 amide bonds. The summed E-state index contributed by atoms with van der Waals surface area (Å²) in [5, 5.41) is 3.88. The molecule has 0 atom stereocenters. The minimum atomic E-state index is -0.133. The molecule has 0 spiro atoms. The minimum Gasteiger partial charge on any atom is -0.373 e. The molecule has 0 N–H and O–H groups in total. The van der Waals surface area contributed by atoms with Crippen LogP contribution in [0.3, 0.4) is 0 Å². The number of aromatic nitrogens is 3. The number of carbonyl (C=O) groups is 1. The number of amides is 1. The van der Waals surface area contributed by atoms with Crippen molar-refractivity contribution in [3.63, 3.8) is 0 Å². The molecular formula is C11H13N5O2S. The third-order valence-corrected chi connectivity index (χ3v) is 4.14. The van der Waals surface area contributed by atoms with Crippen molar-refractivity contribution in [1.29, 1.82) is 0 Å². The lowest BCUT2D eigenvalue weighted by Crippen LogP contribution is -2.46. The molecular weight excluding hydrogens is 266 g/mol. The zero-order valence-electron chi connectivity index (χ0n) is 10.4. The van der Waals surface area contributed by atoms with Crippen molar-refractivity contribution in [2.75, 3.05) is 26.2 Å².